The zero-order valence-corrected chi connectivity index (χ0v) is 15.9. The van der Waals surface area contributed by atoms with E-state index in [9.17, 15) is 4.79 Å². The first-order valence-electron chi connectivity index (χ1n) is 8.92. The molecule has 3 aromatic rings. The summed E-state index contributed by atoms with van der Waals surface area (Å²) in [7, 11) is 1.58. The lowest BCUT2D eigenvalue weighted by Crippen LogP contribution is -2.16. The molecule has 6 heteroatoms. The van der Waals surface area contributed by atoms with Crippen molar-refractivity contribution >= 4 is 23.1 Å². The fourth-order valence-corrected chi connectivity index (χ4v) is 2.84. The van der Waals surface area contributed by atoms with Crippen LogP contribution in [0.2, 0.25) is 0 Å². The van der Waals surface area contributed by atoms with Crippen molar-refractivity contribution in [2.24, 2.45) is 5.10 Å². The van der Waals surface area contributed by atoms with Gasteiger partial charge in [0, 0.05) is 10.9 Å². The average molecular weight is 378 g/mol. The third-order valence-electron chi connectivity index (χ3n) is 4.06. The third kappa shape index (κ3) is 4.23. The number of fused-ring (bicyclic) bond motifs is 1. The van der Waals surface area contributed by atoms with Gasteiger partial charge in [-0.05, 0) is 43.2 Å². The number of carbonyl (C=O) groups excluding carboxylic acids is 1. The van der Waals surface area contributed by atoms with Gasteiger partial charge in [-0.25, -0.2) is 5.43 Å². The zero-order chi connectivity index (χ0) is 19.9. The van der Waals surface area contributed by atoms with Crippen LogP contribution in [0.5, 0.6) is 11.5 Å². The molecule has 0 saturated heterocycles. The Morgan fingerprint density at radius 3 is 2.82 bits per heavy atom. The van der Waals surface area contributed by atoms with E-state index in [4.69, 9.17) is 13.9 Å². The van der Waals surface area contributed by atoms with Crippen LogP contribution in [0.25, 0.3) is 11.0 Å². The van der Waals surface area contributed by atoms with Gasteiger partial charge in [0.2, 0.25) is 0 Å². The molecular formula is C22H22N2O4. The molecule has 0 bridgehead atoms. The van der Waals surface area contributed by atoms with Crippen LogP contribution >= 0.6 is 0 Å². The first kappa shape index (κ1) is 19.2. The third-order valence-corrected chi connectivity index (χ3v) is 4.06. The smallest absolute Gasteiger partial charge is 0.307 e. The minimum atomic E-state index is -0.420. The molecule has 144 valence electrons. The quantitative estimate of drug-likeness (QED) is 0.360. The minimum absolute atomic E-state index is 0.204. The number of hydrazone groups is 1. The molecule has 0 fully saturated rings. The number of rotatable bonds is 8. The molecule has 6 nitrogen and oxygen atoms in total. The topological polar surface area (TPSA) is 73.1 Å². The van der Waals surface area contributed by atoms with Gasteiger partial charge in [0.05, 0.1) is 19.9 Å². The van der Waals surface area contributed by atoms with Gasteiger partial charge in [-0.3, -0.25) is 4.79 Å². The Balaban J connectivity index is 1.78. The second-order valence-corrected chi connectivity index (χ2v) is 5.98. The van der Waals surface area contributed by atoms with Crippen LogP contribution < -0.4 is 14.9 Å². The summed E-state index contributed by atoms with van der Waals surface area (Å²) in [4.78, 5) is 12.3. The molecular weight excluding hydrogens is 356 g/mol. The number of amides is 1. The lowest BCUT2D eigenvalue weighted by molar-refractivity contribution is 0.0929. The number of para-hydroxylation sites is 1. The summed E-state index contributed by atoms with van der Waals surface area (Å²) in [5.41, 5.74) is 4.83. The van der Waals surface area contributed by atoms with Crippen molar-refractivity contribution in [2.75, 3.05) is 13.7 Å². The highest BCUT2D eigenvalue weighted by atomic mass is 16.5. The molecule has 0 saturated carbocycles. The first-order valence-corrected chi connectivity index (χ1v) is 8.92. The van der Waals surface area contributed by atoms with Crippen molar-refractivity contribution in [3.63, 3.8) is 0 Å². The van der Waals surface area contributed by atoms with E-state index < -0.39 is 5.91 Å². The number of methoxy groups -OCH3 is 1. The molecule has 0 atom stereocenters. The Morgan fingerprint density at radius 1 is 1.29 bits per heavy atom. The number of carbonyl (C=O) groups is 1. The monoisotopic (exact) mass is 378 g/mol. The maximum Gasteiger partial charge on any atom is 0.307 e. The first-order chi connectivity index (χ1) is 13.7. The maximum atomic E-state index is 12.3. The number of hydrogen-bond acceptors (Lipinski definition) is 5. The number of nitrogens with zero attached hydrogens (tertiary/aromatic N) is 1. The SMILES string of the molecule is C=CCc1cc(/C=N/NC(=O)c2cc3ccccc3o2)cc(OC)c1OCC. The fourth-order valence-electron chi connectivity index (χ4n) is 2.84. The molecule has 0 aliphatic carbocycles. The minimum Gasteiger partial charge on any atom is -0.493 e. The maximum absolute atomic E-state index is 12.3. The standard InChI is InChI=1S/C22H22N2O4/c1-4-8-17-11-15(12-19(26-3)21(17)27-5-2)14-23-24-22(25)20-13-16-9-6-7-10-18(16)28-20/h4,6-7,9-14H,1,5,8H2,2-3H3,(H,24,25)/b23-14+. The number of ether oxygens (including phenoxy) is 2. The summed E-state index contributed by atoms with van der Waals surface area (Å²) < 4.78 is 16.7. The number of nitrogens with one attached hydrogen (secondary N) is 1. The molecule has 1 N–H and O–H groups in total. The van der Waals surface area contributed by atoms with Crippen LogP contribution in [0.3, 0.4) is 0 Å². The molecule has 3 rings (SSSR count). The number of furan rings is 1. The predicted molar refractivity (Wildman–Crippen MR) is 109 cm³/mol. The lowest BCUT2D eigenvalue weighted by atomic mass is 10.1. The average Bonchev–Trinajstić information content (AvgIpc) is 3.14. The van der Waals surface area contributed by atoms with Crippen LogP contribution in [0, 0.1) is 0 Å². The van der Waals surface area contributed by atoms with Crippen LogP contribution in [-0.4, -0.2) is 25.8 Å². The van der Waals surface area contributed by atoms with Crippen molar-refractivity contribution < 1.29 is 18.7 Å². The molecule has 28 heavy (non-hydrogen) atoms. The second kappa shape index (κ2) is 8.90. The normalized spacial score (nSPS) is 10.9. The summed E-state index contributed by atoms with van der Waals surface area (Å²) in [5, 5.41) is 4.90. The van der Waals surface area contributed by atoms with Crippen molar-refractivity contribution in [3.8, 4) is 11.5 Å². The summed E-state index contributed by atoms with van der Waals surface area (Å²) in [5.74, 6) is 1.08. The Hall–Kier alpha value is -3.54. The van der Waals surface area contributed by atoms with Crippen molar-refractivity contribution in [2.45, 2.75) is 13.3 Å². The summed E-state index contributed by atoms with van der Waals surface area (Å²) in [6, 6.07) is 12.8. The van der Waals surface area contributed by atoms with Gasteiger partial charge in [-0.15, -0.1) is 6.58 Å². The summed E-state index contributed by atoms with van der Waals surface area (Å²) in [6.45, 7) is 6.23. The molecule has 0 aliphatic heterocycles. The molecule has 1 heterocycles. The molecule has 0 spiro atoms. The Kier molecular flexibility index (Phi) is 6.11. The van der Waals surface area contributed by atoms with Crippen molar-refractivity contribution in [1.82, 2.24) is 5.43 Å². The van der Waals surface area contributed by atoms with Gasteiger partial charge in [-0.2, -0.15) is 5.10 Å². The second-order valence-electron chi connectivity index (χ2n) is 5.98. The van der Waals surface area contributed by atoms with Gasteiger partial charge in [-0.1, -0.05) is 24.3 Å². The van der Waals surface area contributed by atoms with Gasteiger partial charge < -0.3 is 13.9 Å². The highest BCUT2D eigenvalue weighted by Crippen LogP contribution is 2.33. The molecule has 0 aliphatic rings. The highest BCUT2D eigenvalue weighted by Gasteiger charge is 2.13. The van der Waals surface area contributed by atoms with Crippen LogP contribution in [0.15, 0.2) is 64.6 Å². The van der Waals surface area contributed by atoms with Gasteiger partial charge in [0.25, 0.3) is 0 Å². The van der Waals surface area contributed by atoms with E-state index in [1.807, 2.05) is 37.3 Å². The molecule has 1 amide bonds. The van der Waals surface area contributed by atoms with E-state index in [1.165, 1.54) is 0 Å². The van der Waals surface area contributed by atoms with E-state index in [1.54, 1.807) is 31.5 Å². The van der Waals surface area contributed by atoms with Gasteiger partial charge in [0.1, 0.15) is 5.58 Å². The largest absolute Gasteiger partial charge is 0.493 e. The number of hydrogen-bond donors (Lipinski definition) is 1. The van der Waals surface area contributed by atoms with Crippen molar-refractivity contribution in [3.05, 3.63) is 72.0 Å². The van der Waals surface area contributed by atoms with Gasteiger partial charge in [0.15, 0.2) is 17.3 Å². The highest BCUT2D eigenvalue weighted by molar-refractivity contribution is 5.96. The molecule has 1 aromatic heterocycles. The van der Waals surface area contributed by atoms with E-state index in [2.05, 4.69) is 17.1 Å². The lowest BCUT2D eigenvalue weighted by Gasteiger charge is -2.14. The van der Waals surface area contributed by atoms with E-state index in [-0.39, 0.29) is 5.76 Å². The van der Waals surface area contributed by atoms with E-state index >= 15 is 0 Å². The van der Waals surface area contributed by atoms with Crippen LogP contribution in [-0.2, 0) is 6.42 Å². The Bertz CT molecular complexity index is 988. The summed E-state index contributed by atoms with van der Waals surface area (Å²) >= 11 is 0. The Morgan fingerprint density at radius 2 is 2.11 bits per heavy atom. The van der Waals surface area contributed by atoms with E-state index in [0.717, 1.165) is 16.5 Å². The zero-order valence-electron chi connectivity index (χ0n) is 15.9. The van der Waals surface area contributed by atoms with E-state index in [0.29, 0.717) is 30.1 Å². The number of allylic oxidation sites excluding steroid dienone is 1. The molecule has 0 unspecified atom stereocenters. The molecule has 0 radical (unpaired) electrons. The van der Waals surface area contributed by atoms with Crippen molar-refractivity contribution in [1.29, 1.82) is 0 Å². The molecule has 2 aromatic carbocycles. The number of benzene rings is 2. The fraction of sp³-hybridized carbons (Fsp3) is 0.182. The summed E-state index contributed by atoms with van der Waals surface area (Å²) in [6.07, 6.45) is 3.96. The van der Waals surface area contributed by atoms with Crippen LogP contribution in [0.4, 0.5) is 0 Å². The Labute approximate surface area is 163 Å². The van der Waals surface area contributed by atoms with Gasteiger partial charge >= 0.3 is 5.91 Å². The van der Waals surface area contributed by atoms with Crippen LogP contribution in [0.1, 0.15) is 28.6 Å². The predicted octanol–water partition coefficient (Wildman–Crippen LogP) is 4.33.